The molecular formula is C137H99N3O3. The van der Waals surface area contributed by atoms with Crippen LogP contribution in [0.1, 0.15) is 74.9 Å². The number of hydrogen-bond donors (Lipinski definition) is 0. The Morgan fingerprint density at radius 2 is 0.434 bits per heavy atom. The van der Waals surface area contributed by atoms with Crippen molar-refractivity contribution in [2.24, 2.45) is 0 Å². The zero-order chi connectivity index (χ0) is 95.8. The molecule has 3 aromatic heterocycles. The first-order chi connectivity index (χ1) is 70.1. The predicted molar refractivity (Wildman–Crippen MR) is 600 cm³/mol. The molecular weight excluding hydrogens is 1740 g/mol. The van der Waals surface area contributed by atoms with Crippen molar-refractivity contribution in [2.75, 3.05) is 14.7 Å². The Kier molecular flexibility index (Phi) is 20.6. The Morgan fingerprint density at radius 3 is 0.853 bits per heavy atom. The van der Waals surface area contributed by atoms with Crippen molar-refractivity contribution in [3.05, 3.63) is 525 Å². The number of nitrogens with zero attached hydrogens (tertiary/aromatic N) is 3. The molecule has 143 heavy (non-hydrogen) atoms. The first kappa shape index (κ1) is 85.6. The van der Waals surface area contributed by atoms with Crippen LogP contribution in [-0.4, -0.2) is 0 Å². The van der Waals surface area contributed by atoms with E-state index >= 15 is 0 Å². The molecule has 25 aromatic rings. The van der Waals surface area contributed by atoms with E-state index in [4.69, 9.17) is 13.3 Å². The maximum atomic E-state index is 6.43. The number of fused-ring (bicyclic) bond motifs is 20. The van der Waals surface area contributed by atoms with Crippen molar-refractivity contribution >= 4 is 139 Å². The van der Waals surface area contributed by atoms with E-state index in [1.165, 1.54) is 133 Å². The van der Waals surface area contributed by atoms with Gasteiger partial charge in [0.05, 0.1) is 5.69 Å². The molecule has 0 aliphatic heterocycles. The van der Waals surface area contributed by atoms with Gasteiger partial charge in [-0.2, -0.15) is 0 Å². The van der Waals surface area contributed by atoms with Crippen LogP contribution in [0.3, 0.4) is 0 Å². The van der Waals surface area contributed by atoms with Gasteiger partial charge in [-0.05, 0) is 284 Å². The zero-order valence-corrected chi connectivity index (χ0v) is 80.3. The molecule has 0 radical (unpaired) electrons. The van der Waals surface area contributed by atoms with Gasteiger partial charge in [-0.15, -0.1) is 0 Å². The van der Waals surface area contributed by atoms with E-state index in [2.05, 4.69) is 511 Å². The second-order valence-electron chi connectivity index (χ2n) is 39.8. The summed E-state index contributed by atoms with van der Waals surface area (Å²) in [7, 11) is 0. The van der Waals surface area contributed by atoms with Crippen molar-refractivity contribution in [3.8, 4) is 89.0 Å². The maximum Gasteiger partial charge on any atom is 0.137 e. The SMILES string of the molecule is CC1(C)c2ccccc2-c2cc(-c3ccc(N(c4cc(-c5ccccc5)cc(-c5ccccc5)c4)c4ccc5c(c4)oc4ccccc45)cc3)ccc21.CC1(C)c2ccccc2-c2cc(-c3ccc(N(c4ccc5c(c4)oc4ccccc45)c4cccc5ccccc45)cc3)ccc21.CC1(C)c2ccccc2-c2cc(-c3ccc(N(c4ccc5ccccc5c4)c4ccc5c(c4)oc4ccccc45)cc3)ccc21. The van der Waals surface area contributed by atoms with E-state index in [1.54, 1.807) is 0 Å². The van der Waals surface area contributed by atoms with E-state index < -0.39 is 0 Å². The Labute approximate surface area is 832 Å². The molecule has 0 saturated heterocycles. The molecule has 3 aliphatic rings. The van der Waals surface area contributed by atoms with Gasteiger partial charge in [-0.1, -0.05) is 369 Å². The summed E-state index contributed by atoms with van der Waals surface area (Å²) in [6.07, 6.45) is 0. The van der Waals surface area contributed by atoms with E-state index in [-0.39, 0.29) is 16.2 Å². The number of rotatable bonds is 14. The van der Waals surface area contributed by atoms with Crippen LogP contribution in [0.25, 0.3) is 176 Å². The summed E-state index contributed by atoms with van der Waals surface area (Å²) < 4.78 is 19.1. The highest BCUT2D eigenvalue weighted by Gasteiger charge is 2.39. The topological polar surface area (TPSA) is 49.1 Å². The maximum absolute atomic E-state index is 6.43. The Bertz CT molecular complexity index is 9250. The quantitative estimate of drug-likeness (QED) is 0.108. The van der Waals surface area contributed by atoms with Gasteiger partial charge in [0.2, 0.25) is 0 Å². The van der Waals surface area contributed by atoms with E-state index in [0.29, 0.717) is 0 Å². The number of benzene rings is 22. The molecule has 22 aromatic carbocycles. The Balaban J connectivity index is 0.000000110. The highest BCUT2D eigenvalue weighted by Crippen LogP contribution is 2.55. The normalized spacial score (nSPS) is 13.1. The summed E-state index contributed by atoms with van der Waals surface area (Å²) in [4.78, 5) is 7.03. The van der Waals surface area contributed by atoms with Gasteiger partial charge in [-0.25, -0.2) is 0 Å². The Hall–Kier alpha value is -17.8. The molecule has 680 valence electrons. The van der Waals surface area contributed by atoms with Crippen LogP contribution in [0, 0.1) is 0 Å². The third-order valence-electron chi connectivity index (χ3n) is 30.4. The lowest BCUT2D eigenvalue weighted by molar-refractivity contribution is 0.660. The summed E-state index contributed by atoms with van der Waals surface area (Å²) in [5, 5.41) is 11.6. The lowest BCUT2D eigenvalue weighted by Crippen LogP contribution is -2.14. The molecule has 0 amide bonds. The average Bonchev–Trinajstić information content (AvgIpc) is 1.58. The van der Waals surface area contributed by atoms with Gasteiger partial charge < -0.3 is 28.0 Å². The highest BCUT2D eigenvalue weighted by atomic mass is 16.3. The molecule has 6 heteroatoms. The highest BCUT2D eigenvalue weighted by molar-refractivity contribution is 6.10. The minimum Gasteiger partial charge on any atom is -0.456 e. The third kappa shape index (κ3) is 14.9. The van der Waals surface area contributed by atoms with Crippen LogP contribution < -0.4 is 14.7 Å². The van der Waals surface area contributed by atoms with Crippen LogP contribution >= 0.6 is 0 Å². The van der Waals surface area contributed by atoms with Crippen molar-refractivity contribution in [1.29, 1.82) is 0 Å². The van der Waals surface area contributed by atoms with Gasteiger partial charge >= 0.3 is 0 Å². The number of para-hydroxylation sites is 3. The summed E-state index contributed by atoms with van der Waals surface area (Å²) in [6, 6.07) is 177. The predicted octanol–water partition coefficient (Wildman–Crippen LogP) is 38.7. The Morgan fingerprint density at radius 1 is 0.147 bits per heavy atom. The lowest BCUT2D eigenvalue weighted by Gasteiger charge is -2.27. The fourth-order valence-corrected chi connectivity index (χ4v) is 23.0. The molecule has 0 fully saturated rings. The lowest BCUT2D eigenvalue weighted by atomic mass is 9.82. The first-order valence-electron chi connectivity index (χ1n) is 49.5. The second-order valence-corrected chi connectivity index (χ2v) is 39.8. The number of hydrogen-bond acceptors (Lipinski definition) is 6. The molecule has 6 nitrogen and oxygen atoms in total. The molecule has 28 rings (SSSR count). The molecule has 3 aliphatic carbocycles. The standard InChI is InChI=1S/C51H37NO.2C43H31NO/c1-51(2)47-19-11-9-17-43(47)46-32-37(23-28-48(46)51)36-21-24-40(25-22-36)52(41-26-27-45-44-18-10-12-20-49(44)53-50(45)33-41)42-30-38(34-13-5-3-6-14-34)29-39(31-42)35-15-7-4-8-16-35;1-43(2)38-15-7-5-13-34(38)37-26-30(20-25-39(37)43)28-18-21-31(22-19-28)44(40-16-9-11-29-10-3-4-12-33(29)40)32-23-24-36-35-14-6-8-17-41(35)45-42(36)27-32;1-43(2)39-13-7-5-11-35(39)38-26-31(18-24-40(38)43)29-15-19-32(20-16-29)44(33-21-17-28-9-3-4-10-30(28)25-33)34-22-23-37-36-12-6-8-14-41(36)45-42(37)27-34/h3-33H,1-2H3;2*3-27H,1-2H3. The van der Waals surface area contributed by atoms with Crippen LogP contribution in [0.15, 0.2) is 505 Å². The van der Waals surface area contributed by atoms with Crippen molar-refractivity contribution in [1.82, 2.24) is 0 Å². The average molecular weight is 1840 g/mol. The summed E-state index contributed by atoms with van der Waals surface area (Å²) >= 11 is 0. The zero-order valence-electron chi connectivity index (χ0n) is 80.3. The van der Waals surface area contributed by atoms with Crippen molar-refractivity contribution < 1.29 is 13.3 Å². The number of furan rings is 3. The fourth-order valence-electron chi connectivity index (χ4n) is 23.0. The van der Waals surface area contributed by atoms with E-state index in [0.717, 1.165) is 128 Å². The molecule has 0 N–H and O–H groups in total. The minimum absolute atomic E-state index is 0.00815. The van der Waals surface area contributed by atoms with E-state index in [9.17, 15) is 0 Å². The van der Waals surface area contributed by atoms with Crippen molar-refractivity contribution in [2.45, 2.75) is 57.8 Å². The fraction of sp³-hybridized carbons (Fsp3) is 0.0657. The van der Waals surface area contributed by atoms with Gasteiger partial charge in [0.25, 0.3) is 0 Å². The summed E-state index contributed by atoms with van der Waals surface area (Å²) in [5.41, 5.74) is 43.5. The second kappa shape index (κ2) is 34.3. The first-order valence-corrected chi connectivity index (χ1v) is 49.5. The molecule has 0 bridgehead atoms. The molecule has 0 spiro atoms. The van der Waals surface area contributed by atoms with Crippen LogP contribution in [0.4, 0.5) is 51.2 Å². The van der Waals surface area contributed by atoms with Crippen LogP contribution in [0.5, 0.6) is 0 Å². The van der Waals surface area contributed by atoms with Crippen LogP contribution in [-0.2, 0) is 16.2 Å². The van der Waals surface area contributed by atoms with Gasteiger partial charge in [-0.3, -0.25) is 0 Å². The molecule has 3 heterocycles. The minimum atomic E-state index is -0.0113. The summed E-state index contributed by atoms with van der Waals surface area (Å²) in [6.45, 7) is 14.0. The van der Waals surface area contributed by atoms with Gasteiger partial charge in [0.1, 0.15) is 33.5 Å². The summed E-state index contributed by atoms with van der Waals surface area (Å²) in [5.74, 6) is 0. The smallest absolute Gasteiger partial charge is 0.137 e. The van der Waals surface area contributed by atoms with E-state index in [1.807, 2.05) is 36.4 Å². The largest absolute Gasteiger partial charge is 0.456 e. The third-order valence-corrected chi connectivity index (χ3v) is 30.4. The van der Waals surface area contributed by atoms with Gasteiger partial charge in [0.15, 0.2) is 0 Å². The molecule has 0 unspecified atom stereocenters. The van der Waals surface area contributed by atoms with Crippen LogP contribution in [0.2, 0.25) is 0 Å². The molecule has 0 saturated carbocycles. The molecule has 0 atom stereocenters. The monoisotopic (exact) mass is 1830 g/mol. The van der Waals surface area contributed by atoms with Gasteiger partial charge in [0, 0.05) is 118 Å². The van der Waals surface area contributed by atoms with Crippen molar-refractivity contribution in [3.63, 3.8) is 0 Å². The number of anilines is 9.